The van der Waals surface area contributed by atoms with Crippen LogP contribution in [0.4, 0.5) is 5.69 Å². The second-order valence-electron chi connectivity index (χ2n) is 5.31. The van der Waals surface area contributed by atoms with Crippen LogP contribution in [0.15, 0.2) is 38.7 Å². The van der Waals surface area contributed by atoms with Crippen LogP contribution >= 0.6 is 15.9 Å². The summed E-state index contributed by atoms with van der Waals surface area (Å²) in [6.45, 7) is 4.09. The Hall–Kier alpha value is -1.64. The van der Waals surface area contributed by atoms with Crippen LogP contribution in [0.25, 0.3) is 0 Å². The van der Waals surface area contributed by atoms with Gasteiger partial charge in [-0.05, 0) is 43.0 Å². The van der Waals surface area contributed by atoms with Crippen molar-refractivity contribution in [3.8, 4) is 0 Å². The van der Waals surface area contributed by atoms with Gasteiger partial charge in [0.1, 0.15) is 0 Å². The summed E-state index contributed by atoms with van der Waals surface area (Å²) in [6, 6.07) is 7.56. The topological polar surface area (TPSA) is 104 Å². The van der Waals surface area contributed by atoms with E-state index < -0.39 is 0 Å². The van der Waals surface area contributed by atoms with Gasteiger partial charge in [-0.25, -0.2) is 16.7 Å². The van der Waals surface area contributed by atoms with E-state index >= 15 is 0 Å². The van der Waals surface area contributed by atoms with Crippen LogP contribution in [0.2, 0.25) is 0 Å². The number of likely N-dealkylation sites (tertiary alicyclic amines) is 1. The first-order valence-electron chi connectivity index (χ1n) is 7.23. The Morgan fingerprint density at radius 2 is 1.82 bits per heavy atom. The number of hydrogen-bond acceptors (Lipinski definition) is 3. The number of aliphatic imine (C=N–C) groups is 2. The zero-order valence-corrected chi connectivity index (χ0v) is 14.2. The molecule has 0 unspecified atom stereocenters. The van der Waals surface area contributed by atoms with E-state index in [-0.39, 0.29) is 0 Å². The molecule has 6 N–H and O–H groups in total. The molecule has 0 aliphatic carbocycles. The van der Waals surface area contributed by atoms with E-state index in [4.69, 9.17) is 11.7 Å². The Balaban J connectivity index is 2.15. The molecule has 1 fully saturated rings. The van der Waals surface area contributed by atoms with Gasteiger partial charge in [-0.15, -0.1) is 0 Å². The molecular weight excluding hydrogens is 346 g/mol. The number of guanidine groups is 2. The number of benzene rings is 1. The number of hydrogen-bond donors (Lipinski definition) is 4. The van der Waals surface area contributed by atoms with Gasteiger partial charge < -0.3 is 4.90 Å². The molecule has 2 rings (SSSR count). The van der Waals surface area contributed by atoms with Crippen LogP contribution in [-0.4, -0.2) is 29.9 Å². The van der Waals surface area contributed by atoms with Gasteiger partial charge in [0.15, 0.2) is 0 Å². The van der Waals surface area contributed by atoms with Crippen molar-refractivity contribution in [2.45, 2.75) is 19.8 Å². The Kier molecular flexibility index (Phi) is 6.17. The molecule has 0 saturated carbocycles. The summed E-state index contributed by atoms with van der Waals surface area (Å²) in [5.74, 6) is 12.7. The molecular formula is C14H22BrN7. The average Bonchev–Trinajstić information content (AvgIpc) is 2.54. The predicted octanol–water partition coefficient (Wildman–Crippen LogP) is 1.45. The molecule has 7 nitrogen and oxygen atoms in total. The van der Waals surface area contributed by atoms with Gasteiger partial charge in [-0.3, -0.25) is 10.9 Å². The van der Waals surface area contributed by atoms with Crippen LogP contribution in [0.5, 0.6) is 0 Å². The van der Waals surface area contributed by atoms with E-state index in [0.29, 0.717) is 11.9 Å². The SMILES string of the molecule is CC1CCN(C(=NC(=Nc2ccc(Br)cc2)NN)NN)CC1. The molecule has 120 valence electrons. The molecule has 0 atom stereocenters. The third-order valence-corrected chi connectivity index (χ3v) is 4.14. The Morgan fingerprint density at radius 1 is 1.18 bits per heavy atom. The van der Waals surface area contributed by atoms with Gasteiger partial charge in [-0.1, -0.05) is 22.9 Å². The first-order chi connectivity index (χ1) is 10.6. The highest BCUT2D eigenvalue weighted by Crippen LogP contribution is 2.18. The molecule has 1 saturated heterocycles. The number of nitrogens with zero attached hydrogens (tertiary/aromatic N) is 3. The maximum absolute atomic E-state index is 5.60. The summed E-state index contributed by atoms with van der Waals surface area (Å²) in [4.78, 5) is 10.9. The standard InChI is InChI=1S/C14H22BrN7/c1-10-6-8-22(9-7-10)14(21-17)19-13(20-16)18-12-4-2-11(15)3-5-12/h2-5,10H,6-9,16-17H2,1H3,(H2,18,19,20,21). The van der Waals surface area contributed by atoms with E-state index in [2.05, 4.69) is 48.6 Å². The molecule has 0 radical (unpaired) electrons. The largest absolute Gasteiger partial charge is 0.342 e. The summed E-state index contributed by atoms with van der Waals surface area (Å²) < 4.78 is 0.990. The Morgan fingerprint density at radius 3 is 2.36 bits per heavy atom. The average molecular weight is 368 g/mol. The molecule has 1 aromatic carbocycles. The second kappa shape index (κ2) is 8.11. The van der Waals surface area contributed by atoms with E-state index in [1.807, 2.05) is 24.3 Å². The van der Waals surface area contributed by atoms with Crippen molar-refractivity contribution in [1.29, 1.82) is 0 Å². The van der Waals surface area contributed by atoms with E-state index in [1.54, 1.807) is 0 Å². The second-order valence-corrected chi connectivity index (χ2v) is 6.22. The summed E-state index contributed by atoms with van der Waals surface area (Å²) in [5.41, 5.74) is 5.90. The lowest BCUT2D eigenvalue weighted by Crippen LogP contribution is -2.49. The lowest BCUT2D eigenvalue weighted by molar-refractivity contribution is 0.274. The number of nitrogens with one attached hydrogen (secondary N) is 2. The zero-order chi connectivity index (χ0) is 15.9. The fourth-order valence-corrected chi connectivity index (χ4v) is 2.51. The minimum absolute atomic E-state index is 0.300. The fourth-order valence-electron chi connectivity index (χ4n) is 2.24. The Labute approximate surface area is 138 Å². The molecule has 1 aromatic rings. The van der Waals surface area contributed by atoms with Crippen molar-refractivity contribution in [2.24, 2.45) is 27.6 Å². The zero-order valence-electron chi connectivity index (χ0n) is 12.6. The maximum atomic E-state index is 5.60. The van der Waals surface area contributed by atoms with E-state index in [1.165, 1.54) is 0 Å². The molecule has 8 heteroatoms. The van der Waals surface area contributed by atoms with Gasteiger partial charge in [0.25, 0.3) is 0 Å². The highest BCUT2D eigenvalue weighted by Gasteiger charge is 2.18. The predicted molar refractivity (Wildman–Crippen MR) is 93.3 cm³/mol. The smallest absolute Gasteiger partial charge is 0.240 e. The summed E-state index contributed by atoms with van der Waals surface area (Å²) in [6.07, 6.45) is 2.24. The lowest BCUT2D eigenvalue weighted by atomic mass is 10.00. The third-order valence-electron chi connectivity index (χ3n) is 3.61. The van der Waals surface area contributed by atoms with Crippen LogP contribution in [0.3, 0.4) is 0 Å². The van der Waals surface area contributed by atoms with E-state index in [9.17, 15) is 0 Å². The number of hydrazine groups is 2. The van der Waals surface area contributed by atoms with Gasteiger partial charge in [-0.2, -0.15) is 4.99 Å². The maximum Gasteiger partial charge on any atom is 0.240 e. The first-order valence-corrected chi connectivity index (χ1v) is 8.03. The summed E-state index contributed by atoms with van der Waals surface area (Å²) in [7, 11) is 0. The minimum atomic E-state index is 0.300. The summed E-state index contributed by atoms with van der Waals surface area (Å²) in [5, 5.41) is 0. The summed E-state index contributed by atoms with van der Waals surface area (Å²) >= 11 is 3.39. The van der Waals surface area contributed by atoms with Crippen molar-refractivity contribution in [3.05, 3.63) is 28.7 Å². The molecule has 22 heavy (non-hydrogen) atoms. The number of rotatable bonds is 1. The molecule has 1 aliphatic rings. The van der Waals surface area contributed by atoms with Gasteiger partial charge in [0.05, 0.1) is 5.69 Å². The highest BCUT2D eigenvalue weighted by molar-refractivity contribution is 9.10. The van der Waals surface area contributed by atoms with Gasteiger partial charge in [0.2, 0.25) is 11.9 Å². The molecule has 0 spiro atoms. The molecule has 0 aromatic heterocycles. The molecule has 1 aliphatic heterocycles. The first kappa shape index (κ1) is 16.7. The molecule has 0 bridgehead atoms. The fraction of sp³-hybridized carbons (Fsp3) is 0.429. The van der Waals surface area contributed by atoms with Crippen molar-refractivity contribution < 1.29 is 0 Å². The van der Waals surface area contributed by atoms with Gasteiger partial charge >= 0.3 is 0 Å². The monoisotopic (exact) mass is 367 g/mol. The third kappa shape index (κ3) is 4.69. The van der Waals surface area contributed by atoms with Crippen LogP contribution in [-0.2, 0) is 0 Å². The van der Waals surface area contributed by atoms with Crippen LogP contribution < -0.4 is 22.5 Å². The number of piperidine rings is 1. The van der Waals surface area contributed by atoms with E-state index in [0.717, 1.165) is 42.0 Å². The number of nitrogens with two attached hydrogens (primary N) is 2. The number of halogens is 1. The van der Waals surface area contributed by atoms with Crippen molar-refractivity contribution in [3.63, 3.8) is 0 Å². The molecule has 0 amide bonds. The molecule has 1 heterocycles. The van der Waals surface area contributed by atoms with Crippen LogP contribution in [0.1, 0.15) is 19.8 Å². The quantitative estimate of drug-likeness (QED) is 0.260. The Bertz CT molecular complexity index is 533. The van der Waals surface area contributed by atoms with Gasteiger partial charge in [0, 0.05) is 17.6 Å². The highest BCUT2D eigenvalue weighted by atomic mass is 79.9. The van der Waals surface area contributed by atoms with Crippen molar-refractivity contribution in [1.82, 2.24) is 15.8 Å². The minimum Gasteiger partial charge on any atom is -0.342 e. The van der Waals surface area contributed by atoms with Crippen molar-refractivity contribution >= 4 is 33.5 Å². The normalized spacial score (nSPS) is 17.5. The van der Waals surface area contributed by atoms with Crippen molar-refractivity contribution in [2.75, 3.05) is 13.1 Å². The lowest BCUT2D eigenvalue weighted by Gasteiger charge is -2.32. The van der Waals surface area contributed by atoms with Crippen LogP contribution in [0, 0.1) is 5.92 Å².